The summed E-state index contributed by atoms with van der Waals surface area (Å²) >= 11 is 22.1. The first-order valence-corrected chi connectivity index (χ1v) is 12.1. The van der Waals surface area contributed by atoms with E-state index in [1.165, 1.54) is 0 Å². The summed E-state index contributed by atoms with van der Waals surface area (Å²) in [5.74, 6) is 0.766. The zero-order valence-corrected chi connectivity index (χ0v) is 22.0. The van der Waals surface area contributed by atoms with Crippen molar-refractivity contribution in [1.29, 1.82) is 0 Å². The molecule has 0 aliphatic carbocycles. The van der Waals surface area contributed by atoms with Gasteiger partial charge < -0.3 is 14.5 Å². The lowest BCUT2D eigenvalue weighted by molar-refractivity contribution is 0.0992. The van der Waals surface area contributed by atoms with E-state index in [0.717, 1.165) is 15.7 Å². The highest BCUT2D eigenvalue weighted by molar-refractivity contribution is 9.10. The third-order valence-corrected chi connectivity index (χ3v) is 6.64. The standard InChI is InChI=1S/C24H19BrCl3N3O3/c1-13-23(14(2)31(30-13)11-17-18(26)4-3-5-19(17)27)29-24(32)22-9-7-16(34-22)12-33-21-8-6-15(25)10-20(21)28/h3-10H,11-12H2,1-2H3,(H,29,32). The molecule has 1 N–H and O–H groups in total. The molecule has 0 unspecified atom stereocenters. The van der Waals surface area contributed by atoms with Gasteiger partial charge in [0.2, 0.25) is 0 Å². The molecule has 2 aromatic heterocycles. The normalized spacial score (nSPS) is 11.0. The zero-order valence-electron chi connectivity index (χ0n) is 18.2. The molecule has 0 atom stereocenters. The number of aromatic nitrogens is 2. The maximum atomic E-state index is 12.8. The number of carbonyl (C=O) groups is 1. The van der Waals surface area contributed by atoms with Crippen molar-refractivity contribution < 1.29 is 13.9 Å². The van der Waals surface area contributed by atoms with E-state index in [1.54, 1.807) is 47.1 Å². The van der Waals surface area contributed by atoms with Crippen LogP contribution in [0.5, 0.6) is 5.75 Å². The first-order chi connectivity index (χ1) is 16.2. The number of carbonyl (C=O) groups excluding carboxylic acids is 1. The van der Waals surface area contributed by atoms with Gasteiger partial charge in [-0.05, 0) is 56.3 Å². The minimum Gasteiger partial charge on any atom is -0.484 e. The lowest BCUT2D eigenvalue weighted by Gasteiger charge is -2.09. The second-order valence-electron chi connectivity index (χ2n) is 7.49. The van der Waals surface area contributed by atoms with E-state index < -0.39 is 5.91 Å². The Bertz CT molecular complexity index is 1350. The minimum atomic E-state index is -0.394. The van der Waals surface area contributed by atoms with Gasteiger partial charge in [0.25, 0.3) is 5.91 Å². The molecular formula is C24H19BrCl3N3O3. The highest BCUT2D eigenvalue weighted by Gasteiger charge is 2.19. The van der Waals surface area contributed by atoms with Crippen LogP contribution in [-0.2, 0) is 13.2 Å². The number of furan rings is 1. The van der Waals surface area contributed by atoms with E-state index in [4.69, 9.17) is 44.0 Å². The van der Waals surface area contributed by atoms with Crippen LogP contribution >= 0.6 is 50.7 Å². The number of nitrogens with one attached hydrogen (secondary N) is 1. The smallest absolute Gasteiger partial charge is 0.291 e. The highest BCUT2D eigenvalue weighted by Crippen LogP contribution is 2.29. The van der Waals surface area contributed by atoms with Gasteiger partial charge in [0.1, 0.15) is 18.1 Å². The first-order valence-electron chi connectivity index (χ1n) is 10.2. The monoisotopic (exact) mass is 581 g/mol. The molecule has 2 aromatic carbocycles. The molecule has 0 spiro atoms. The van der Waals surface area contributed by atoms with Crippen LogP contribution in [0.2, 0.25) is 15.1 Å². The number of benzene rings is 2. The molecular weight excluding hydrogens is 565 g/mol. The molecule has 10 heteroatoms. The summed E-state index contributed by atoms with van der Waals surface area (Å²) in [6.07, 6.45) is 0. The summed E-state index contributed by atoms with van der Waals surface area (Å²) < 4.78 is 14.0. The molecule has 0 bridgehead atoms. The van der Waals surface area contributed by atoms with E-state index in [1.807, 2.05) is 19.9 Å². The van der Waals surface area contributed by atoms with E-state index in [2.05, 4.69) is 26.3 Å². The summed E-state index contributed by atoms with van der Waals surface area (Å²) in [6.45, 7) is 4.19. The van der Waals surface area contributed by atoms with Gasteiger partial charge in [0.15, 0.2) is 5.76 Å². The average Bonchev–Trinajstić information content (AvgIpc) is 3.36. The van der Waals surface area contributed by atoms with Crippen LogP contribution in [0.3, 0.4) is 0 Å². The van der Waals surface area contributed by atoms with Gasteiger partial charge >= 0.3 is 0 Å². The lowest BCUT2D eigenvalue weighted by Crippen LogP contribution is -2.12. The minimum absolute atomic E-state index is 0.128. The maximum absolute atomic E-state index is 12.8. The SMILES string of the molecule is Cc1nn(Cc2c(Cl)cccc2Cl)c(C)c1NC(=O)c1ccc(COc2ccc(Br)cc2Cl)o1. The van der Waals surface area contributed by atoms with Gasteiger partial charge in [-0.15, -0.1) is 0 Å². The van der Waals surface area contributed by atoms with E-state index in [-0.39, 0.29) is 12.4 Å². The van der Waals surface area contributed by atoms with Crippen molar-refractivity contribution in [2.45, 2.75) is 27.0 Å². The van der Waals surface area contributed by atoms with Crippen molar-refractivity contribution in [3.8, 4) is 5.75 Å². The number of aryl methyl sites for hydroxylation is 1. The van der Waals surface area contributed by atoms with Crippen LogP contribution in [-0.4, -0.2) is 15.7 Å². The van der Waals surface area contributed by atoms with Gasteiger partial charge in [-0.25, -0.2) is 0 Å². The molecule has 0 saturated heterocycles. The molecule has 6 nitrogen and oxygen atoms in total. The third-order valence-electron chi connectivity index (χ3n) is 5.14. The van der Waals surface area contributed by atoms with Crippen LogP contribution in [0.4, 0.5) is 5.69 Å². The first kappa shape index (κ1) is 24.7. The van der Waals surface area contributed by atoms with E-state index in [9.17, 15) is 4.79 Å². The number of rotatable bonds is 7. The molecule has 1 amide bonds. The number of hydrogen-bond donors (Lipinski definition) is 1. The Morgan fingerprint density at radius 3 is 2.53 bits per heavy atom. The third kappa shape index (κ3) is 5.44. The van der Waals surface area contributed by atoms with Crippen molar-refractivity contribution in [3.63, 3.8) is 0 Å². The van der Waals surface area contributed by atoms with Crippen molar-refractivity contribution in [2.24, 2.45) is 0 Å². The summed E-state index contributed by atoms with van der Waals surface area (Å²) in [7, 11) is 0. The van der Waals surface area contributed by atoms with Gasteiger partial charge in [-0.2, -0.15) is 5.10 Å². The van der Waals surface area contributed by atoms with Crippen LogP contribution in [0.15, 0.2) is 57.4 Å². The second-order valence-corrected chi connectivity index (χ2v) is 9.62. The number of halogens is 4. The molecule has 2 heterocycles. The molecule has 0 saturated carbocycles. The Labute approximate surface area is 219 Å². The van der Waals surface area contributed by atoms with Crippen molar-refractivity contribution in [1.82, 2.24) is 9.78 Å². The van der Waals surface area contributed by atoms with Gasteiger partial charge in [0, 0.05) is 20.1 Å². The predicted molar refractivity (Wildman–Crippen MR) is 137 cm³/mol. The van der Waals surface area contributed by atoms with Crippen molar-refractivity contribution >= 4 is 62.3 Å². The van der Waals surface area contributed by atoms with Crippen LogP contribution in [0.25, 0.3) is 0 Å². The summed E-state index contributed by atoms with van der Waals surface area (Å²) in [5, 5.41) is 9.00. The predicted octanol–water partition coefficient (Wildman–Crippen LogP) is 7.70. The number of hydrogen-bond acceptors (Lipinski definition) is 4. The fourth-order valence-corrected chi connectivity index (χ4v) is 4.60. The number of amides is 1. The Morgan fingerprint density at radius 1 is 1.09 bits per heavy atom. The Balaban J connectivity index is 1.44. The molecule has 0 fully saturated rings. The molecule has 0 radical (unpaired) electrons. The quantitative estimate of drug-likeness (QED) is 0.242. The fourth-order valence-electron chi connectivity index (χ4n) is 3.36. The summed E-state index contributed by atoms with van der Waals surface area (Å²) in [6, 6.07) is 13.9. The number of ether oxygens (including phenoxy) is 1. The average molecular weight is 584 g/mol. The number of nitrogens with zero attached hydrogens (tertiary/aromatic N) is 2. The molecule has 0 aliphatic heterocycles. The summed E-state index contributed by atoms with van der Waals surface area (Å²) in [4.78, 5) is 12.8. The Hall–Kier alpha value is -2.45. The van der Waals surface area contributed by atoms with Crippen LogP contribution in [0, 0.1) is 13.8 Å². The Morgan fingerprint density at radius 2 is 1.82 bits per heavy atom. The van der Waals surface area contributed by atoms with Gasteiger partial charge in [-0.1, -0.05) is 56.8 Å². The van der Waals surface area contributed by atoms with Crippen molar-refractivity contribution in [2.75, 3.05) is 5.32 Å². The molecule has 0 aliphatic rings. The molecule has 34 heavy (non-hydrogen) atoms. The second kappa shape index (κ2) is 10.4. The summed E-state index contributed by atoms with van der Waals surface area (Å²) in [5.41, 5.74) is 2.79. The lowest BCUT2D eigenvalue weighted by atomic mass is 10.2. The van der Waals surface area contributed by atoms with Gasteiger partial charge in [-0.3, -0.25) is 9.48 Å². The molecule has 176 valence electrons. The van der Waals surface area contributed by atoms with Crippen molar-refractivity contribution in [3.05, 3.63) is 96.5 Å². The fraction of sp³-hybridized carbons (Fsp3) is 0.167. The zero-order chi connectivity index (χ0) is 24.4. The highest BCUT2D eigenvalue weighted by atomic mass is 79.9. The van der Waals surface area contributed by atoms with E-state index >= 15 is 0 Å². The number of anilines is 1. The molecule has 4 rings (SSSR count). The van der Waals surface area contributed by atoms with Crippen LogP contribution in [0.1, 0.15) is 33.3 Å². The van der Waals surface area contributed by atoms with Crippen LogP contribution < -0.4 is 10.1 Å². The molecule has 4 aromatic rings. The Kier molecular flexibility index (Phi) is 7.57. The van der Waals surface area contributed by atoms with Gasteiger partial charge in [0.05, 0.1) is 28.6 Å². The largest absolute Gasteiger partial charge is 0.484 e. The topological polar surface area (TPSA) is 69.3 Å². The maximum Gasteiger partial charge on any atom is 0.291 e. The van der Waals surface area contributed by atoms with E-state index in [0.29, 0.717) is 44.5 Å².